The van der Waals surface area contributed by atoms with Gasteiger partial charge in [-0.2, -0.15) is 0 Å². The lowest BCUT2D eigenvalue weighted by Gasteiger charge is -2.43. The average molecular weight is 718 g/mol. The van der Waals surface area contributed by atoms with Gasteiger partial charge in [0.1, 0.15) is 24.3 Å². The van der Waals surface area contributed by atoms with E-state index in [4.69, 9.17) is 9.47 Å². The van der Waals surface area contributed by atoms with Gasteiger partial charge in [-0.05, 0) is 69.4 Å². The van der Waals surface area contributed by atoms with Crippen LogP contribution in [0, 0.1) is 5.92 Å². The molecule has 2 aliphatic rings. The molecule has 2 atom stereocenters. The number of carbonyl (C=O) groups excluding carboxylic acids is 2. The lowest BCUT2D eigenvalue weighted by Crippen LogP contribution is -2.53. The molecule has 2 saturated heterocycles. The minimum atomic E-state index is -1.18. The Balaban J connectivity index is 1.01. The minimum Gasteiger partial charge on any atom is -0.489 e. The van der Waals surface area contributed by atoms with E-state index in [2.05, 4.69) is 4.98 Å². The Bertz CT molecular complexity index is 2110. The molecule has 53 heavy (non-hydrogen) atoms. The standard InChI is InChI=1S/C42H47N5O6/c1-41(2,3)53-40(50)45-21-17-34(36(26-45)31-13-8-5-9-14-31)38(48)44-23-19-42(51,20-24-44)28-46-29-43-37-35(39(46)49)18-22-47(37)32-15-10-16-33(25-32)52-27-30-11-6-4-7-12-30/h4-16,18,22,25,29,34,36,51H,17,19-21,23-24,26-28H2,1-3H3/t34-,36+/m1/s1. The highest BCUT2D eigenvalue weighted by Gasteiger charge is 2.42. The van der Waals surface area contributed by atoms with Crippen LogP contribution in [0.1, 0.15) is 57.1 Å². The van der Waals surface area contributed by atoms with E-state index in [-0.39, 0.29) is 35.9 Å². The highest BCUT2D eigenvalue weighted by atomic mass is 16.6. The molecule has 2 aromatic heterocycles. The zero-order valence-corrected chi connectivity index (χ0v) is 30.6. The highest BCUT2D eigenvalue weighted by Crippen LogP contribution is 2.36. The molecule has 0 bridgehead atoms. The topological polar surface area (TPSA) is 119 Å². The molecule has 2 amide bonds. The summed E-state index contributed by atoms with van der Waals surface area (Å²) in [5.74, 6) is 0.242. The minimum absolute atomic E-state index is 0.0286. The van der Waals surface area contributed by atoms with Crippen LogP contribution >= 0.6 is 0 Å². The average Bonchev–Trinajstić information content (AvgIpc) is 3.60. The fourth-order valence-electron chi connectivity index (χ4n) is 7.47. The van der Waals surface area contributed by atoms with Crippen molar-refractivity contribution < 1.29 is 24.2 Å². The van der Waals surface area contributed by atoms with E-state index in [0.717, 1.165) is 16.8 Å². The number of ether oxygens (including phenoxy) is 2. The van der Waals surface area contributed by atoms with E-state index >= 15 is 0 Å². The molecule has 2 aliphatic heterocycles. The number of piperidine rings is 2. The van der Waals surface area contributed by atoms with Crippen LogP contribution in [0.3, 0.4) is 0 Å². The first kappa shape index (κ1) is 36.0. The molecule has 1 N–H and O–H groups in total. The number of hydrogen-bond donors (Lipinski definition) is 1. The van der Waals surface area contributed by atoms with Gasteiger partial charge in [0.15, 0.2) is 5.65 Å². The van der Waals surface area contributed by atoms with Crippen LogP contribution in [0.15, 0.2) is 108 Å². The summed E-state index contributed by atoms with van der Waals surface area (Å²) in [5, 5.41) is 12.1. The monoisotopic (exact) mass is 717 g/mol. The summed E-state index contributed by atoms with van der Waals surface area (Å²) in [5.41, 5.74) is 1.38. The summed E-state index contributed by atoms with van der Waals surface area (Å²) in [7, 11) is 0. The fraction of sp³-hybridized carbons (Fsp3) is 0.381. The molecular weight excluding hydrogens is 670 g/mol. The summed E-state index contributed by atoms with van der Waals surface area (Å²) in [4.78, 5) is 48.9. The molecule has 0 radical (unpaired) electrons. The summed E-state index contributed by atoms with van der Waals surface area (Å²) in [6.45, 7) is 7.62. The number of fused-ring (bicyclic) bond motifs is 1. The molecule has 0 saturated carbocycles. The Kier molecular flexibility index (Phi) is 10.1. The van der Waals surface area contributed by atoms with Gasteiger partial charge in [0.05, 0.1) is 23.2 Å². The van der Waals surface area contributed by atoms with Crippen LogP contribution in [-0.4, -0.2) is 78.4 Å². The van der Waals surface area contributed by atoms with E-state index in [1.165, 1.54) is 10.9 Å². The van der Waals surface area contributed by atoms with Crippen LogP contribution in [0.5, 0.6) is 5.75 Å². The third-order valence-electron chi connectivity index (χ3n) is 10.3. The third kappa shape index (κ3) is 8.15. The second-order valence-corrected chi connectivity index (χ2v) is 15.3. The molecule has 276 valence electrons. The largest absolute Gasteiger partial charge is 0.489 e. The van der Waals surface area contributed by atoms with Crippen molar-refractivity contribution in [2.45, 2.75) is 70.3 Å². The normalized spacial score (nSPS) is 18.9. The molecule has 0 spiro atoms. The van der Waals surface area contributed by atoms with Crippen LogP contribution < -0.4 is 10.3 Å². The first-order valence-corrected chi connectivity index (χ1v) is 18.3. The number of amides is 2. The van der Waals surface area contributed by atoms with E-state index < -0.39 is 11.2 Å². The van der Waals surface area contributed by atoms with Crippen LogP contribution in [-0.2, 0) is 22.7 Å². The summed E-state index contributed by atoms with van der Waals surface area (Å²) >= 11 is 0. The third-order valence-corrected chi connectivity index (χ3v) is 10.3. The van der Waals surface area contributed by atoms with Crippen molar-refractivity contribution in [2.24, 2.45) is 5.92 Å². The Hall–Kier alpha value is -5.42. The Morgan fingerprint density at radius 1 is 0.906 bits per heavy atom. The van der Waals surface area contributed by atoms with Crippen molar-refractivity contribution in [1.82, 2.24) is 23.9 Å². The Labute approximate surface area is 309 Å². The van der Waals surface area contributed by atoms with Crippen molar-refractivity contribution >= 4 is 23.0 Å². The highest BCUT2D eigenvalue weighted by molar-refractivity contribution is 5.81. The van der Waals surface area contributed by atoms with Crippen molar-refractivity contribution in [2.75, 3.05) is 26.2 Å². The first-order valence-electron chi connectivity index (χ1n) is 18.3. The van der Waals surface area contributed by atoms with Gasteiger partial charge in [-0.25, -0.2) is 9.78 Å². The number of likely N-dealkylation sites (tertiary alicyclic amines) is 2. The molecule has 0 unspecified atom stereocenters. The smallest absolute Gasteiger partial charge is 0.410 e. The van der Waals surface area contributed by atoms with Crippen LogP contribution in [0.4, 0.5) is 4.79 Å². The Morgan fingerprint density at radius 3 is 2.34 bits per heavy atom. The van der Waals surface area contributed by atoms with Gasteiger partial charge in [0.2, 0.25) is 5.91 Å². The van der Waals surface area contributed by atoms with E-state index in [1.54, 1.807) is 11.0 Å². The SMILES string of the molecule is CC(C)(C)OC(=O)N1CC[C@@H](C(=O)N2CCC(O)(Cn3cnc4c(ccn4-c4cccc(OCc5ccccc5)c4)c3=O)CC2)[C@H](c2ccccc2)C1. The van der Waals surface area contributed by atoms with Crippen molar-refractivity contribution in [3.8, 4) is 11.4 Å². The maximum Gasteiger partial charge on any atom is 0.410 e. The van der Waals surface area contributed by atoms with Crippen LogP contribution in [0.2, 0.25) is 0 Å². The zero-order valence-electron chi connectivity index (χ0n) is 30.6. The second kappa shape index (κ2) is 14.9. The molecule has 11 nitrogen and oxygen atoms in total. The van der Waals surface area contributed by atoms with E-state index in [0.29, 0.717) is 68.8 Å². The first-order chi connectivity index (χ1) is 25.5. The molecule has 2 fully saturated rings. The zero-order chi connectivity index (χ0) is 37.2. The molecular formula is C42H47N5O6. The van der Waals surface area contributed by atoms with Gasteiger partial charge in [-0.15, -0.1) is 0 Å². The molecule has 5 aromatic rings. The van der Waals surface area contributed by atoms with Gasteiger partial charge < -0.3 is 28.9 Å². The van der Waals surface area contributed by atoms with Gasteiger partial charge >= 0.3 is 6.09 Å². The van der Waals surface area contributed by atoms with Gasteiger partial charge in [-0.3, -0.25) is 14.2 Å². The number of hydrogen-bond acceptors (Lipinski definition) is 7. The number of benzene rings is 3. The number of nitrogens with zero attached hydrogens (tertiary/aromatic N) is 5. The lowest BCUT2D eigenvalue weighted by atomic mass is 9.79. The van der Waals surface area contributed by atoms with Crippen molar-refractivity contribution in [3.05, 3.63) is 125 Å². The van der Waals surface area contributed by atoms with Gasteiger partial charge in [-0.1, -0.05) is 66.7 Å². The second-order valence-electron chi connectivity index (χ2n) is 15.3. The van der Waals surface area contributed by atoms with Crippen molar-refractivity contribution in [3.63, 3.8) is 0 Å². The molecule has 3 aromatic carbocycles. The predicted molar refractivity (Wildman–Crippen MR) is 202 cm³/mol. The van der Waals surface area contributed by atoms with Crippen molar-refractivity contribution in [1.29, 1.82) is 0 Å². The van der Waals surface area contributed by atoms with Gasteiger partial charge in [0, 0.05) is 50.3 Å². The van der Waals surface area contributed by atoms with Gasteiger partial charge in [0.25, 0.3) is 5.56 Å². The number of carbonyl (C=O) groups is 2. The maximum absolute atomic E-state index is 14.1. The quantitative estimate of drug-likeness (QED) is 0.204. The lowest BCUT2D eigenvalue weighted by molar-refractivity contribution is -0.142. The molecule has 11 heteroatoms. The maximum atomic E-state index is 14.1. The number of aliphatic hydroxyl groups is 1. The fourth-order valence-corrected chi connectivity index (χ4v) is 7.47. The molecule has 7 rings (SSSR count). The summed E-state index contributed by atoms with van der Waals surface area (Å²) < 4.78 is 15.0. The van der Waals surface area contributed by atoms with Crippen LogP contribution in [0.25, 0.3) is 16.7 Å². The predicted octanol–water partition coefficient (Wildman–Crippen LogP) is 6.16. The molecule has 0 aliphatic carbocycles. The van der Waals surface area contributed by atoms with E-state index in [1.807, 2.05) is 121 Å². The van der Waals surface area contributed by atoms with E-state index in [9.17, 15) is 19.5 Å². The number of aromatic nitrogens is 3. The summed E-state index contributed by atoms with van der Waals surface area (Å²) in [6.07, 6.45) is 4.11. The Morgan fingerprint density at radius 2 is 1.62 bits per heavy atom. The summed E-state index contributed by atoms with van der Waals surface area (Å²) in [6, 6.07) is 29.2. The molecule has 4 heterocycles. The number of rotatable bonds is 8.